The third kappa shape index (κ3) is 3.92. The molecule has 1 aliphatic rings. The zero-order valence-electron chi connectivity index (χ0n) is 11.3. The van der Waals surface area contributed by atoms with Crippen LogP contribution in [-0.2, 0) is 9.05 Å². The van der Waals surface area contributed by atoms with Crippen LogP contribution in [0.5, 0.6) is 0 Å². The van der Waals surface area contributed by atoms with Crippen LogP contribution in [0.1, 0.15) is 29.6 Å². The summed E-state index contributed by atoms with van der Waals surface area (Å²) in [6.07, 6.45) is 3.43. The summed E-state index contributed by atoms with van der Waals surface area (Å²) in [5.74, 6) is 0.205. The number of benzene rings is 1. The molecule has 21 heavy (non-hydrogen) atoms. The third-order valence-corrected chi connectivity index (χ3v) is 6.21. The van der Waals surface area contributed by atoms with E-state index in [1.807, 2.05) is 0 Å². The van der Waals surface area contributed by atoms with Gasteiger partial charge in [0.2, 0.25) is 0 Å². The van der Waals surface area contributed by atoms with Crippen molar-refractivity contribution in [1.82, 2.24) is 4.90 Å². The van der Waals surface area contributed by atoms with Gasteiger partial charge in [0.15, 0.2) is 0 Å². The van der Waals surface area contributed by atoms with Gasteiger partial charge < -0.3 is 4.90 Å². The van der Waals surface area contributed by atoms with Gasteiger partial charge in [0.1, 0.15) is 0 Å². The Labute approximate surface area is 142 Å². The van der Waals surface area contributed by atoms with Crippen LogP contribution in [0.4, 0.5) is 0 Å². The van der Waals surface area contributed by atoms with Gasteiger partial charge in [-0.1, -0.05) is 18.0 Å². The number of halogens is 3. The number of nitrogens with zero attached hydrogens (tertiary/aromatic N) is 1. The Balaban J connectivity index is 2.33. The normalized spacial score (nSPS) is 15.6. The van der Waals surface area contributed by atoms with Gasteiger partial charge >= 0.3 is 0 Å². The standard InChI is InChI=1S/C13H14BrCl2NO3S/c1-17(7-8-3-2-4-8)13(18)10-5-9(21(16,19)20)6-11(14)12(10)15/h5-6,8H,2-4,7H2,1H3. The zero-order valence-corrected chi connectivity index (χ0v) is 15.2. The number of carbonyl (C=O) groups is 1. The number of amides is 1. The number of hydrogen-bond acceptors (Lipinski definition) is 3. The first-order chi connectivity index (χ1) is 9.70. The van der Waals surface area contributed by atoms with E-state index in [0.717, 1.165) is 12.8 Å². The third-order valence-electron chi connectivity index (χ3n) is 3.62. The molecule has 1 aliphatic carbocycles. The van der Waals surface area contributed by atoms with Crippen LogP contribution in [0.3, 0.4) is 0 Å². The molecule has 2 rings (SSSR count). The van der Waals surface area contributed by atoms with Crippen molar-refractivity contribution in [3.05, 3.63) is 27.2 Å². The van der Waals surface area contributed by atoms with Crippen LogP contribution in [0, 0.1) is 5.92 Å². The van der Waals surface area contributed by atoms with Crippen LogP contribution in [0.15, 0.2) is 21.5 Å². The first-order valence-electron chi connectivity index (χ1n) is 6.39. The summed E-state index contributed by atoms with van der Waals surface area (Å²) in [4.78, 5) is 13.9. The molecule has 1 aromatic carbocycles. The monoisotopic (exact) mass is 413 g/mol. The maximum absolute atomic E-state index is 12.5. The Morgan fingerprint density at radius 2 is 2.05 bits per heavy atom. The lowest BCUT2D eigenvalue weighted by molar-refractivity contribution is 0.0745. The molecule has 0 aliphatic heterocycles. The minimum Gasteiger partial charge on any atom is -0.341 e. The lowest BCUT2D eigenvalue weighted by Crippen LogP contribution is -2.34. The molecule has 1 fully saturated rings. The molecule has 0 N–H and O–H groups in total. The van der Waals surface area contributed by atoms with E-state index < -0.39 is 9.05 Å². The Morgan fingerprint density at radius 3 is 2.52 bits per heavy atom. The van der Waals surface area contributed by atoms with E-state index in [4.69, 9.17) is 22.3 Å². The fourth-order valence-electron chi connectivity index (χ4n) is 2.21. The van der Waals surface area contributed by atoms with E-state index >= 15 is 0 Å². The topological polar surface area (TPSA) is 54.5 Å². The summed E-state index contributed by atoms with van der Waals surface area (Å²) in [6.45, 7) is 0.643. The Bertz CT molecular complexity index is 674. The highest BCUT2D eigenvalue weighted by Crippen LogP contribution is 2.32. The van der Waals surface area contributed by atoms with Crippen molar-refractivity contribution >= 4 is 53.2 Å². The van der Waals surface area contributed by atoms with Gasteiger partial charge in [-0.25, -0.2) is 8.42 Å². The quantitative estimate of drug-likeness (QED) is 0.702. The van der Waals surface area contributed by atoms with Crippen LogP contribution in [0.2, 0.25) is 5.02 Å². The number of rotatable bonds is 4. The molecule has 8 heteroatoms. The van der Waals surface area contributed by atoms with Crippen LogP contribution in [-0.4, -0.2) is 32.8 Å². The van der Waals surface area contributed by atoms with Gasteiger partial charge in [-0.05, 0) is 46.8 Å². The second kappa shape index (κ2) is 6.44. The largest absolute Gasteiger partial charge is 0.341 e. The summed E-state index contributed by atoms with van der Waals surface area (Å²) >= 11 is 9.26. The summed E-state index contributed by atoms with van der Waals surface area (Å²) in [5, 5.41) is 0.185. The predicted molar refractivity (Wildman–Crippen MR) is 86.5 cm³/mol. The molecule has 1 aromatic rings. The molecule has 1 saturated carbocycles. The molecule has 0 atom stereocenters. The van der Waals surface area contributed by atoms with Gasteiger partial charge in [-0.2, -0.15) is 0 Å². The average Bonchev–Trinajstić information content (AvgIpc) is 2.34. The molecular formula is C13H14BrCl2NO3S. The van der Waals surface area contributed by atoms with Crippen LogP contribution in [0.25, 0.3) is 0 Å². The Morgan fingerprint density at radius 1 is 1.43 bits per heavy atom. The SMILES string of the molecule is CN(CC1CCC1)C(=O)c1cc(S(=O)(=O)Cl)cc(Br)c1Cl. The van der Waals surface area contributed by atoms with E-state index in [1.165, 1.54) is 18.6 Å². The van der Waals surface area contributed by atoms with Gasteiger partial charge in [0.25, 0.3) is 15.0 Å². The molecule has 0 radical (unpaired) electrons. The minimum absolute atomic E-state index is 0.132. The van der Waals surface area contributed by atoms with Crippen molar-refractivity contribution < 1.29 is 13.2 Å². The summed E-state index contributed by atoms with van der Waals surface area (Å²) in [5.41, 5.74) is 0.132. The van der Waals surface area contributed by atoms with Crippen molar-refractivity contribution in [1.29, 1.82) is 0 Å². The molecule has 0 heterocycles. The highest BCUT2D eigenvalue weighted by atomic mass is 79.9. The highest BCUT2D eigenvalue weighted by molar-refractivity contribution is 9.10. The second-order valence-corrected chi connectivity index (χ2v) is 8.99. The molecule has 0 bridgehead atoms. The van der Waals surface area contributed by atoms with E-state index in [2.05, 4.69) is 15.9 Å². The van der Waals surface area contributed by atoms with Crippen molar-refractivity contribution in [2.45, 2.75) is 24.2 Å². The van der Waals surface area contributed by atoms with Gasteiger partial charge in [0.05, 0.1) is 15.5 Å². The Hall–Kier alpha value is -0.300. The predicted octanol–water partition coefficient (Wildman–Crippen LogP) is 3.90. The molecular weight excluding hydrogens is 401 g/mol. The second-order valence-electron chi connectivity index (χ2n) is 5.19. The average molecular weight is 415 g/mol. The fourth-order valence-corrected chi connectivity index (χ4v) is 3.80. The molecule has 0 spiro atoms. The van der Waals surface area contributed by atoms with Crippen molar-refractivity contribution in [2.75, 3.05) is 13.6 Å². The lowest BCUT2D eigenvalue weighted by atomic mass is 9.85. The van der Waals surface area contributed by atoms with E-state index in [1.54, 1.807) is 11.9 Å². The van der Waals surface area contributed by atoms with Gasteiger partial charge in [-0.3, -0.25) is 4.79 Å². The number of hydrogen-bond donors (Lipinski definition) is 0. The lowest BCUT2D eigenvalue weighted by Gasteiger charge is -2.30. The highest BCUT2D eigenvalue weighted by Gasteiger charge is 2.25. The van der Waals surface area contributed by atoms with E-state index in [9.17, 15) is 13.2 Å². The summed E-state index contributed by atoms with van der Waals surface area (Å²) in [6, 6.07) is 2.50. The zero-order chi connectivity index (χ0) is 15.8. The van der Waals surface area contributed by atoms with Crippen molar-refractivity contribution in [2.24, 2.45) is 5.92 Å². The first-order valence-corrected chi connectivity index (χ1v) is 9.87. The maximum Gasteiger partial charge on any atom is 0.261 e. The van der Waals surface area contributed by atoms with Crippen molar-refractivity contribution in [3.63, 3.8) is 0 Å². The van der Waals surface area contributed by atoms with Crippen molar-refractivity contribution in [3.8, 4) is 0 Å². The fraction of sp³-hybridized carbons (Fsp3) is 0.462. The molecule has 1 amide bonds. The van der Waals surface area contributed by atoms with Gasteiger partial charge in [-0.15, -0.1) is 0 Å². The molecule has 4 nitrogen and oxygen atoms in total. The molecule has 0 unspecified atom stereocenters. The van der Waals surface area contributed by atoms with Crippen LogP contribution >= 0.6 is 38.2 Å². The molecule has 116 valence electrons. The number of carbonyl (C=O) groups excluding carboxylic acids is 1. The summed E-state index contributed by atoms with van der Waals surface area (Å²) < 4.78 is 23.2. The Kier molecular flexibility index (Phi) is 5.23. The molecule has 0 aromatic heterocycles. The maximum atomic E-state index is 12.5. The summed E-state index contributed by atoms with van der Waals surface area (Å²) in [7, 11) is 3.10. The van der Waals surface area contributed by atoms with E-state index in [0.29, 0.717) is 16.9 Å². The smallest absolute Gasteiger partial charge is 0.261 e. The first kappa shape index (κ1) is 17.1. The van der Waals surface area contributed by atoms with Gasteiger partial charge in [0, 0.05) is 28.7 Å². The minimum atomic E-state index is -3.93. The van der Waals surface area contributed by atoms with E-state index in [-0.39, 0.29) is 21.4 Å². The van der Waals surface area contributed by atoms with Crippen LogP contribution < -0.4 is 0 Å². The molecule has 0 saturated heterocycles.